The highest BCUT2D eigenvalue weighted by Crippen LogP contribution is 2.23. The van der Waals surface area contributed by atoms with Gasteiger partial charge in [0.1, 0.15) is 30.6 Å². The van der Waals surface area contributed by atoms with Crippen LogP contribution in [0.2, 0.25) is 0 Å². The summed E-state index contributed by atoms with van der Waals surface area (Å²) < 4.78 is 7.42. The number of carbonyl (C=O) groups is 1. The molecule has 4 rings (SSSR count). The summed E-state index contributed by atoms with van der Waals surface area (Å²) >= 11 is 0. The second-order valence-electron chi connectivity index (χ2n) is 8.02. The SMILES string of the molecule is Cc1cccc(C)c1OCC(O)CNC(=O)C1CCN(c2ccc3nncn3n2)CC1. The summed E-state index contributed by atoms with van der Waals surface area (Å²) in [6.07, 6.45) is 2.29. The smallest absolute Gasteiger partial charge is 0.223 e. The molecule has 1 aromatic carbocycles. The number of rotatable bonds is 7. The van der Waals surface area contributed by atoms with Crippen LogP contribution in [-0.4, -0.2) is 63.2 Å². The maximum absolute atomic E-state index is 12.6. The maximum atomic E-state index is 12.6. The fourth-order valence-corrected chi connectivity index (χ4v) is 3.89. The van der Waals surface area contributed by atoms with Crippen LogP contribution in [-0.2, 0) is 4.79 Å². The van der Waals surface area contributed by atoms with Crippen LogP contribution in [0.15, 0.2) is 36.7 Å². The van der Waals surface area contributed by atoms with Crippen LogP contribution < -0.4 is 15.0 Å². The van der Waals surface area contributed by atoms with Gasteiger partial charge < -0.3 is 20.1 Å². The van der Waals surface area contributed by atoms with E-state index in [0.29, 0.717) is 5.65 Å². The van der Waals surface area contributed by atoms with Gasteiger partial charge in [0.15, 0.2) is 5.65 Å². The first-order chi connectivity index (χ1) is 15.0. The third kappa shape index (κ3) is 4.93. The molecule has 0 bridgehead atoms. The molecule has 9 nitrogen and oxygen atoms in total. The van der Waals surface area contributed by atoms with E-state index in [1.54, 1.807) is 10.8 Å². The van der Waals surface area contributed by atoms with Gasteiger partial charge in [0, 0.05) is 25.6 Å². The zero-order valence-corrected chi connectivity index (χ0v) is 17.9. The quantitative estimate of drug-likeness (QED) is 0.592. The Labute approximate surface area is 181 Å². The van der Waals surface area contributed by atoms with Gasteiger partial charge in [-0.15, -0.1) is 15.3 Å². The average molecular weight is 425 g/mol. The van der Waals surface area contributed by atoms with Crippen molar-refractivity contribution in [3.63, 3.8) is 0 Å². The summed E-state index contributed by atoms with van der Waals surface area (Å²) in [5.41, 5.74) is 2.76. The van der Waals surface area contributed by atoms with E-state index in [4.69, 9.17) is 4.74 Å². The third-order valence-corrected chi connectivity index (χ3v) is 5.68. The summed E-state index contributed by atoms with van der Waals surface area (Å²) in [6.45, 7) is 5.76. The summed E-state index contributed by atoms with van der Waals surface area (Å²) in [5, 5.41) is 25.4. The average Bonchev–Trinajstić information content (AvgIpc) is 3.25. The number of nitrogens with one attached hydrogen (secondary N) is 1. The fourth-order valence-electron chi connectivity index (χ4n) is 3.89. The number of hydrogen-bond acceptors (Lipinski definition) is 7. The highest BCUT2D eigenvalue weighted by atomic mass is 16.5. The predicted octanol–water partition coefficient (Wildman–Crippen LogP) is 1.51. The molecular weight excluding hydrogens is 396 g/mol. The number of carbonyl (C=O) groups excluding carboxylic acids is 1. The van der Waals surface area contributed by atoms with Crippen LogP contribution in [0.25, 0.3) is 5.65 Å². The predicted molar refractivity (Wildman–Crippen MR) is 116 cm³/mol. The minimum Gasteiger partial charge on any atom is -0.490 e. The monoisotopic (exact) mass is 424 g/mol. The zero-order valence-electron chi connectivity index (χ0n) is 17.9. The number of aromatic nitrogens is 4. The number of aliphatic hydroxyl groups is 1. The number of fused-ring (bicyclic) bond motifs is 1. The molecule has 1 amide bonds. The van der Waals surface area contributed by atoms with Crippen LogP contribution in [0, 0.1) is 19.8 Å². The standard InChI is InChI=1S/C22H28N6O3/c1-15-4-3-5-16(2)21(15)31-13-18(29)12-23-22(30)17-8-10-27(11-9-17)20-7-6-19-25-24-14-28(19)26-20/h3-7,14,17-18,29H,8-13H2,1-2H3,(H,23,30). The molecule has 3 heterocycles. The number of piperidine rings is 1. The molecule has 0 aliphatic carbocycles. The van der Waals surface area contributed by atoms with Gasteiger partial charge in [0.25, 0.3) is 0 Å². The number of nitrogens with zero attached hydrogens (tertiary/aromatic N) is 5. The van der Waals surface area contributed by atoms with Gasteiger partial charge in [-0.25, -0.2) is 0 Å². The number of amides is 1. The highest BCUT2D eigenvalue weighted by molar-refractivity contribution is 5.79. The maximum Gasteiger partial charge on any atom is 0.223 e. The van der Waals surface area contributed by atoms with Gasteiger partial charge in [-0.3, -0.25) is 4.79 Å². The minimum absolute atomic E-state index is 0.0204. The lowest BCUT2D eigenvalue weighted by atomic mass is 9.96. The van der Waals surface area contributed by atoms with E-state index in [1.165, 1.54) is 0 Å². The van der Waals surface area contributed by atoms with Crippen molar-refractivity contribution in [1.29, 1.82) is 0 Å². The van der Waals surface area contributed by atoms with Crippen LogP contribution in [0.4, 0.5) is 5.82 Å². The largest absolute Gasteiger partial charge is 0.490 e. The van der Waals surface area contributed by atoms with E-state index in [1.807, 2.05) is 44.2 Å². The second kappa shape index (κ2) is 9.30. The molecule has 2 aromatic heterocycles. The molecule has 31 heavy (non-hydrogen) atoms. The Morgan fingerprint density at radius 2 is 1.97 bits per heavy atom. The molecule has 1 unspecified atom stereocenters. The molecule has 1 fully saturated rings. The lowest BCUT2D eigenvalue weighted by Gasteiger charge is -2.32. The summed E-state index contributed by atoms with van der Waals surface area (Å²) in [4.78, 5) is 14.7. The Kier molecular flexibility index (Phi) is 6.31. The summed E-state index contributed by atoms with van der Waals surface area (Å²) in [5.74, 6) is 1.55. The van der Waals surface area contributed by atoms with E-state index in [-0.39, 0.29) is 25.0 Å². The molecule has 3 aromatic rings. The molecular formula is C22H28N6O3. The van der Waals surface area contributed by atoms with E-state index < -0.39 is 6.10 Å². The Bertz CT molecular complexity index is 1020. The summed E-state index contributed by atoms with van der Waals surface area (Å²) in [6, 6.07) is 9.74. The molecule has 1 aliphatic heterocycles. The van der Waals surface area contributed by atoms with Crippen LogP contribution >= 0.6 is 0 Å². The third-order valence-electron chi connectivity index (χ3n) is 5.68. The Morgan fingerprint density at radius 1 is 1.23 bits per heavy atom. The number of aliphatic hydroxyl groups excluding tert-OH is 1. The van der Waals surface area contributed by atoms with E-state index in [0.717, 1.165) is 48.6 Å². The van der Waals surface area contributed by atoms with Crippen molar-refractivity contribution >= 4 is 17.4 Å². The molecule has 1 atom stereocenters. The number of anilines is 1. The van der Waals surface area contributed by atoms with Crippen molar-refractivity contribution in [2.45, 2.75) is 32.8 Å². The molecule has 2 N–H and O–H groups in total. The Hall–Kier alpha value is -3.20. The van der Waals surface area contributed by atoms with Gasteiger partial charge in [-0.1, -0.05) is 18.2 Å². The molecule has 0 saturated carbocycles. The number of ether oxygens (including phenoxy) is 1. The van der Waals surface area contributed by atoms with Gasteiger partial charge in [0.2, 0.25) is 5.91 Å². The van der Waals surface area contributed by atoms with Crippen molar-refractivity contribution in [3.05, 3.63) is 47.8 Å². The molecule has 1 aliphatic rings. The van der Waals surface area contributed by atoms with Crippen LogP contribution in [0.3, 0.4) is 0 Å². The molecule has 0 spiro atoms. The Morgan fingerprint density at radius 3 is 2.71 bits per heavy atom. The molecule has 9 heteroatoms. The zero-order chi connectivity index (χ0) is 21.8. The number of para-hydroxylation sites is 1. The van der Waals surface area contributed by atoms with Crippen molar-refractivity contribution in [1.82, 2.24) is 25.1 Å². The van der Waals surface area contributed by atoms with Crippen molar-refractivity contribution in [2.75, 3.05) is 31.1 Å². The number of benzene rings is 1. The normalized spacial score (nSPS) is 15.8. The number of hydrogen-bond donors (Lipinski definition) is 2. The Balaban J connectivity index is 1.21. The van der Waals surface area contributed by atoms with Crippen molar-refractivity contribution in [2.24, 2.45) is 5.92 Å². The highest BCUT2D eigenvalue weighted by Gasteiger charge is 2.26. The second-order valence-corrected chi connectivity index (χ2v) is 8.02. The van der Waals surface area contributed by atoms with Gasteiger partial charge in [-0.2, -0.15) is 4.52 Å². The molecule has 0 radical (unpaired) electrons. The lowest BCUT2D eigenvalue weighted by molar-refractivity contribution is -0.126. The number of aryl methyl sites for hydroxylation is 2. The first-order valence-electron chi connectivity index (χ1n) is 10.6. The van der Waals surface area contributed by atoms with Crippen molar-refractivity contribution in [3.8, 4) is 5.75 Å². The molecule has 164 valence electrons. The first-order valence-corrected chi connectivity index (χ1v) is 10.6. The van der Waals surface area contributed by atoms with Crippen LogP contribution in [0.5, 0.6) is 5.75 Å². The van der Waals surface area contributed by atoms with E-state index in [2.05, 4.69) is 25.5 Å². The molecule has 1 saturated heterocycles. The van der Waals surface area contributed by atoms with Gasteiger partial charge in [-0.05, 0) is 49.9 Å². The van der Waals surface area contributed by atoms with Gasteiger partial charge >= 0.3 is 0 Å². The summed E-state index contributed by atoms with van der Waals surface area (Å²) in [7, 11) is 0. The van der Waals surface area contributed by atoms with E-state index >= 15 is 0 Å². The first kappa shape index (κ1) is 21.0. The topological polar surface area (TPSA) is 105 Å². The van der Waals surface area contributed by atoms with Crippen molar-refractivity contribution < 1.29 is 14.6 Å². The van der Waals surface area contributed by atoms with Crippen LogP contribution in [0.1, 0.15) is 24.0 Å². The fraction of sp³-hybridized carbons (Fsp3) is 0.455. The lowest BCUT2D eigenvalue weighted by Crippen LogP contribution is -2.43. The minimum atomic E-state index is -0.761. The van der Waals surface area contributed by atoms with Gasteiger partial charge in [0.05, 0.1) is 0 Å². The van der Waals surface area contributed by atoms with E-state index in [9.17, 15) is 9.90 Å².